The quantitative estimate of drug-likeness (QED) is 0.577. The van der Waals surface area contributed by atoms with Gasteiger partial charge in [0.05, 0.1) is 0 Å². The summed E-state index contributed by atoms with van der Waals surface area (Å²) in [4.78, 5) is 0. The minimum atomic E-state index is 0.188. The molecule has 2 rings (SSSR count). The van der Waals surface area contributed by atoms with Crippen LogP contribution in [-0.2, 0) is 0 Å². The summed E-state index contributed by atoms with van der Waals surface area (Å²) < 4.78 is 10.2. The molecule has 1 aromatic rings. The molecule has 1 heterocycles. The lowest BCUT2D eigenvalue weighted by Crippen LogP contribution is -1.93. The fraction of sp³-hybridized carbons (Fsp3) is 0.111. The Morgan fingerprint density at radius 1 is 1.42 bits per heavy atom. The van der Waals surface area contributed by atoms with E-state index in [9.17, 15) is 0 Å². The molecular formula is C9H6NO2. The topological polar surface area (TPSA) is 42.2 Å². The molecule has 12 heavy (non-hydrogen) atoms. The summed E-state index contributed by atoms with van der Waals surface area (Å²) in [7, 11) is 0. The summed E-state index contributed by atoms with van der Waals surface area (Å²) in [5.74, 6) is 1.14. The van der Waals surface area contributed by atoms with Crippen molar-refractivity contribution in [1.29, 1.82) is 5.26 Å². The molecule has 0 fully saturated rings. The Hall–Kier alpha value is -1.69. The van der Waals surface area contributed by atoms with Gasteiger partial charge >= 0.3 is 0 Å². The largest absolute Gasteiger partial charge is 0.454 e. The van der Waals surface area contributed by atoms with Crippen LogP contribution in [0.5, 0.6) is 11.5 Å². The SMILES string of the molecule is [CH2]c1ccc2c(c1C#N)OCO2. The predicted octanol–water partition coefficient (Wildman–Crippen LogP) is 1.47. The van der Waals surface area contributed by atoms with Crippen molar-refractivity contribution >= 4 is 0 Å². The molecule has 0 aliphatic carbocycles. The van der Waals surface area contributed by atoms with Gasteiger partial charge in [-0.15, -0.1) is 0 Å². The number of fused-ring (bicyclic) bond motifs is 1. The van der Waals surface area contributed by atoms with Crippen LogP contribution < -0.4 is 9.47 Å². The minimum Gasteiger partial charge on any atom is -0.454 e. The van der Waals surface area contributed by atoms with Crippen LogP contribution in [0.2, 0.25) is 0 Å². The molecule has 0 unspecified atom stereocenters. The second kappa shape index (κ2) is 2.42. The van der Waals surface area contributed by atoms with Crippen molar-refractivity contribution in [2.75, 3.05) is 6.79 Å². The van der Waals surface area contributed by atoms with E-state index in [0.29, 0.717) is 22.6 Å². The Balaban J connectivity index is 2.67. The van der Waals surface area contributed by atoms with Gasteiger partial charge in [-0.05, 0) is 18.6 Å². The second-order valence-corrected chi connectivity index (χ2v) is 2.45. The molecule has 0 amide bonds. The number of nitrogens with zero attached hydrogens (tertiary/aromatic N) is 1. The maximum atomic E-state index is 8.76. The lowest BCUT2D eigenvalue weighted by Gasteiger charge is -2.00. The Labute approximate surface area is 70.1 Å². The molecule has 1 aliphatic rings. The normalized spacial score (nSPS) is 12.7. The Morgan fingerprint density at radius 3 is 3.00 bits per heavy atom. The number of nitriles is 1. The number of ether oxygens (including phenoxy) is 2. The van der Waals surface area contributed by atoms with Crippen LogP contribution in [0.25, 0.3) is 0 Å². The monoisotopic (exact) mass is 160 g/mol. The van der Waals surface area contributed by atoms with E-state index in [1.165, 1.54) is 0 Å². The fourth-order valence-corrected chi connectivity index (χ4v) is 1.14. The van der Waals surface area contributed by atoms with Crippen LogP contribution in [0, 0.1) is 18.3 Å². The van der Waals surface area contributed by atoms with Crippen LogP contribution in [-0.4, -0.2) is 6.79 Å². The highest BCUT2D eigenvalue weighted by molar-refractivity contribution is 5.58. The van der Waals surface area contributed by atoms with Gasteiger partial charge in [0.1, 0.15) is 11.6 Å². The first-order valence-corrected chi connectivity index (χ1v) is 3.47. The van der Waals surface area contributed by atoms with Crippen LogP contribution in [0.3, 0.4) is 0 Å². The summed E-state index contributed by atoms with van der Waals surface area (Å²) in [6, 6.07) is 5.53. The first-order chi connectivity index (χ1) is 5.83. The van der Waals surface area contributed by atoms with Gasteiger partial charge in [-0.2, -0.15) is 5.26 Å². The third-order valence-corrected chi connectivity index (χ3v) is 1.74. The first kappa shape index (κ1) is 6.99. The van der Waals surface area contributed by atoms with Gasteiger partial charge in [-0.25, -0.2) is 0 Å². The zero-order valence-corrected chi connectivity index (χ0v) is 6.33. The molecule has 1 aliphatic heterocycles. The predicted molar refractivity (Wildman–Crippen MR) is 41.7 cm³/mol. The fourth-order valence-electron chi connectivity index (χ4n) is 1.14. The maximum absolute atomic E-state index is 8.76. The summed E-state index contributed by atoms with van der Waals surface area (Å²) >= 11 is 0. The lowest BCUT2D eigenvalue weighted by molar-refractivity contribution is 0.173. The summed E-state index contributed by atoms with van der Waals surface area (Å²) in [5.41, 5.74) is 1.13. The van der Waals surface area contributed by atoms with E-state index in [4.69, 9.17) is 14.7 Å². The van der Waals surface area contributed by atoms with Crippen molar-refractivity contribution in [3.8, 4) is 17.6 Å². The van der Waals surface area contributed by atoms with Crippen molar-refractivity contribution in [3.63, 3.8) is 0 Å². The Morgan fingerprint density at radius 2 is 2.25 bits per heavy atom. The molecule has 0 atom stereocenters. The average molecular weight is 160 g/mol. The van der Waals surface area contributed by atoms with Crippen LogP contribution >= 0.6 is 0 Å². The molecular weight excluding hydrogens is 154 g/mol. The number of benzene rings is 1. The summed E-state index contributed by atoms with van der Waals surface area (Å²) in [6.45, 7) is 3.90. The van der Waals surface area contributed by atoms with Crippen LogP contribution in [0.1, 0.15) is 11.1 Å². The molecule has 1 radical (unpaired) electrons. The van der Waals surface area contributed by atoms with Crippen molar-refractivity contribution in [2.45, 2.75) is 0 Å². The first-order valence-electron chi connectivity index (χ1n) is 3.47. The third kappa shape index (κ3) is 0.817. The summed E-state index contributed by atoms with van der Waals surface area (Å²) in [5, 5.41) is 8.76. The van der Waals surface area contributed by atoms with Gasteiger partial charge in [0.2, 0.25) is 6.79 Å². The standard InChI is InChI=1S/C9H6NO2/c1-6-2-3-8-9(7(6)4-10)12-5-11-8/h2-3H,1,5H2. The molecule has 1 aromatic carbocycles. The smallest absolute Gasteiger partial charge is 0.231 e. The zero-order valence-electron chi connectivity index (χ0n) is 6.33. The molecule has 3 nitrogen and oxygen atoms in total. The van der Waals surface area contributed by atoms with Crippen LogP contribution in [0.15, 0.2) is 12.1 Å². The van der Waals surface area contributed by atoms with Gasteiger partial charge in [-0.3, -0.25) is 0 Å². The van der Waals surface area contributed by atoms with Crippen molar-refractivity contribution < 1.29 is 9.47 Å². The average Bonchev–Trinajstić information content (AvgIpc) is 2.52. The number of hydrogen-bond donors (Lipinski definition) is 0. The van der Waals surface area contributed by atoms with E-state index in [2.05, 4.69) is 6.92 Å². The Bertz CT molecular complexity index is 366. The number of rotatable bonds is 0. The van der Waals surface area contributed by atoms with Gasteiger partial charge < -0.3 is 9.47 Å². The van der Waals surface area contributed by atoms with Gasteiger partial charge in [0.25, 0.3) is 0 Å². The highest BCUT2D eigenvalue weighted by atomic mass is 16.7. The molecule has 0 bridgehead atoms. The molecule has 0 spiro atoms. The second-order valence-electron chi connectivity index (χ2n) is 2.45. The highest BCUT2D eigenvalue weighted by Gasteiger charge is 2.18. The van der Waals surface area contributed by atoms with E-state index in [1.54, 1.807) is 12.1 Å². The van der Waals surface area contributed by atoms with Gasteiger partial charge in [0.15, 0.2) is 11.5 Å². The van der Waals surface area contributed by atoms with Crippen molar-refractivity contribution in [3.05, 3.63) is 30.2 Å². The molecule has 3 heteroatoms. The molecule has 0 saturated heterocycles. The number of hydrogen-bond acceptors (Lipinski definition) is 3. The van der Waals surface area contributed by atoms with Gasteiger partial charge in [-0.1, -0.05) is 6.07 Å². The van der Waals surface area contributed by atoms with E-state index in [0.717, 1.165) is 0 Å². The molecule has 0 N–H and O–H groups in total. The van der Waals surface area contributed by atoms with E-state index < -0.39 is 0 Å². The minimum absolute atomic E-state index is 0.188. The van der Waals surface area contributed by atoms with E-state index in [-0.39, 0.29) is 6.79 Å². The highest BCUT2D eigenvalue weighted by Crippen LogP contribution is 2.36. The third-order valence-electron chi connectivity index (χ3n) is 1.74. The zero-order chi connectivity index (χ0) is 8.55. The molecule has 59 valence electrons. The lowest BCUT2D eigenvalue weighted by atomic mass is 10.1. The maximum Gasteiger partial charge on any atom is 0.231 e. The van der Waals surface area contributed by atoms with E-state index >= 15 is 0 Å². The van der Waals surface area contributed by atoms with Gasteiger partial charge in [0, 0.05) is 0 Å². The van der Waals surface area contributed by atoms with Crippen molar-refractivity contribution in [2.24, 2.45) is 0 Å². The van der Waals surface area contributed by atoms with Crippen LogP contribution in [0.4, 0.5) is 0 Å². The van der Waals surface area contributed by atoms with Crippen molar-refractivity contribution in [1.82, 2.24) is 0 Å². The van der Waals surface area contributed by atoms with E-state index in [1.807, 2.05) is 6.07 Å². The summed E-state index contributed by atoms with van der Waals surface area (Å²) in [6.07, 6.45) is 0. The Kier molecular flexibility index (Phi) is 1.41. The molecule has 0 saturated carbocycles. The molecule has 0 aromatic heterocycles.